The molecule has 0 spiro atoms. The Morgan fingerprint density at radius 1 is 1.30 bits per heavy atom. The standard InChI is InChI=1S/C21H22N4O4S/c1-2-28-20(27)17-13-30-21(23-17)25-18(14-7-4-3-5-8-14)11-16(24-25)19(26)22-12-15-9-6-10-29-15/h3-5,7-8,11,13,15H,2,6,9-10,12H2,1H3,(H,22,26)/t15-/m1/s1. The summed E-state index contributed by atoms with van der Waals surface area (Å²) in [7, 11) is 0. The Hall–Kier alpha value is -3.04. The number of nitrogens with one attached hydrogen (secondary N) is 1. The molecular formula is C21H22N4O4S. The number of esters is 1. The molecular weight excluding hydrogens is 404 g/mol. The van der Waals surface area contributed by atoms with Crippen molar-refractivity contribution in [1.29, 1.82) is 0 Å². The zero-order valence-electron chi connectivity index (χ0n) is 16.5. The summed E-state index contributed by atoms with van der Waals surface area (Å²) in [6.45, 7) is 3.21. The molecule has 1 amide bonds. The van der Waals surface area contributed by atoms with Gasteiger partial charge >= 0.3 is 5.97 Å². The summed E-state index contributed by atoms with van der Waals surface area (Å²) < 4.78 is 12.2. The van der Waals surface area contributed by atoms with Crippen LogP contribution in [0.25, 0.3) is 16.4 Å². The highest BCUT2D eigenvalue weighted by molar-refractivity contribution is 7.12. The fourth-order valence-corrected chi connectivity index (χ4v) is 3.97. The SMILES string of the molecule is CCOC(=O)c1csc(-n2nc(C(=O)NC[C@H]3CCCO3)cc2-c2ccccc2)n1. The number of aromatic nitrogens is 3. The number of ether oxygens (including phenoxy) is 2. The molecule has 8 nitrogen and oxygen atoms in total. The number of rotatable bonds is 7. The number of carbonyl (C=O) groups excluding carboxylic acids is 2. The Kier molecular flexibility index (Phi) is 6.20. The van der Waals surface area contributed by atoms with Crippen molar-refractivity contribution in [3.05, 3.63) is 53.2 Å². The molecule has 156 valence electrons. The number of benzene rings is 1. The minimum absolute atomic E-state index is 0.0516. The zero-order chi connectivity index (χ0) is 20.9. The number of nitrogens with zero attached hydrogens (tertiary/aromatic N) is 3. The van der Waals surface area contributed by atoms with Crippen LogP contribution < -0.4 is 5.32 Å². The summed E-state index contributed by atoms with van der Waals surface area (Å²) >= 11 is 1.26. The molecule has 1 aromatic carbocycles. The summed E-state index contributed by atoms with van der Waals surface area (Å²) in [6, 6.07) is 11.3. The van der Waals surface area contributed by atoms with E-state index in [1.807, 2.05) is 30.3 Å². The predicted octanol–water partition coefficient (Wildman–Crippen LogP) is 3.08. The second-order valence-electron chi connectivity index (χ2n) is 6.77. The second-order valence-corrected chi connectivity index (χ2v) is 7.61. The first-order valence-corrected chi connectivity index (χ1v) is 10.7. The van der Waals surface area contributed by atoms with E-state index in [0.29, 0.717) is 17.4 Å². The molecule has 1 atom stereocenters. The van der Waals surface area contributed by atoms with Gasteiger partial charge in [-0.25, -0.2) is 14.5 Å². The summed E-state index contributed by atoms with van der Waals surface area (Å²) in [6.07, 6.45) is 2.01. The van der Waals surface area contributed by atoms with Gasteiger partial charge in [0, 0.05) is 24.1 Å². The maximum atomic E-state index is 12.7. The number of thiazole rings is 1. The topological polar surface area (TPSA) is 95.3 Å². The van der Waals surface area contributed by atoms with Crippen molar-refractivity contribution >= 4 is 23.2 Å². The number of hydrogen-bond donors (Lipinski definition) is 1. The van der Waals surface area contributed by atoms with Crippen LogP contribution in [0.4, 0.5) is 0 Å². The predicted molar refractivity (Wildman–Crippen MR) is 112 cm³/mol. The van der Waals surface area contributed by atoms with Crippen LogP contribution >= 0.6 is 11.3 Å². The molecule has 0 saturated carbocycles. The number of hydrogen-bond acceptors (Lipinski definition) is 7. The van der Waals surface area contributed by atoms with Crippen molar-refractivity contribution in [1.82, 2.24) is 20.1 Å². The molecule has 9 heteroatoms. The Morgan fingerprint density at radius 3 is 2.87 bits per heavy atom. The van der Waals surface area contributed by atoms with E-state index in [-0.39, 0.29) is 30.0 Å². The second kappa shape index (κ2) is 9.19. The Labute approximate surface area is 177 Å². The van der Waals surface area contributed by atoms with Crippen molar-refractivity contribution in [3.8, 4) is 16.4 Å². The Balaban J connectivity index is 1.63. The van der Waals surface area contributed by atoms with Gasteiger partial charge in [0.2, 0.25) is 5.13 Å². The van der Waals surface area contributed by atoms with Gasteiger partial charge in [0.05, 0.1) is 18.4 Å². The van der Waals surface area contributed by atoms with Crippen molar-refractivity contribution in [3.63, 3.8) is 0 Å². The third kappa shape index (κ3) is 4.42. The van der Waals surface area contributed by atoms with Crippen LogP contribution in [0.15, 0.2) is 41.8 Å². The van der Waals surface area contributed by atoms with Gasteiger partial charge in [0.15, 0.2) is 11.4 Å². The average Bonchev–Trinajstić information content (AvgIpc) is 3.53. The van der Waals surface area contributed by atoms with Gasteiger partial charge in [0.25, 0.3) is 5.91 Å². The van der Waals surface area contributed by atoms with Gasteiger partial charge < -0.3 is 14.8 Å². The van der Waals surface area contributed by atoms with Gasteiger partial charge in [-0.2, -0.15) is 5.10 Å². The van der Waals surface area contributed by atoms with E-state index in [9.17, 15) is 9.59 Å². The summed E-state index contributed by atoms with van der Waals surface area (Å²) in [5, 5.41) is 9.48. The first kappa shape index (κ1) is 20.2. The molecule has 3 heterocycles. The highest BCUT2D eigenvalue weighted by atomic mass is 32.1. The molecule has 4 rings (SSSR count). The summed E-state index contributed by atoms with van der Waals surface area (Å²) in [4.78, 5) is 29.0. The van der Waals surface area contributed by atoms with Crippen molar-refractivity contribution in [2.45, 2.75) is 25.9 Å². The van der Waals surface area contributed by atoms with Gasteiger partial charge in [-0.15, -0.1) is 11.3 Å². The molecule has 0 radical (unpaired) electrons. The van der Waals surface area contributed by atoms with Crippen LogP contribution in [0.3, 0.4) is 0 Å². The fraction of sp³-hybridized carbons (Fsp3) is 0.333. The quantitative estimate of drug-likeness (QED) is 0.584. The smallest absolute Gasteiger partial charge is 0.357 e. The van der Waals surface area contributed by atoms with E-state index >= 15 is 0 Å². The van der Waals surface area contributed by atoms with E-state index in [4.69, 9.17) is 9.47 Å². The van der Waals surface area contributed by atoms with Gasteiger partial charge in [-0.05, 0) is 25.8 Å². The highest BCUT2D eigenvalue weighted by Gasteiger charge is 2.22. The maximum Gasteiger partial charge on any atom is 0.357 e. The Morgan fingerprint density at radius 2 is 2.13 bits per heavy atom. The minimum atomic E-state index is -0.483. The molecule has 1 aliphatic heterocycles. The van der Waals surface area contributed by atoms with Crippen LogP contribution in [-0.2, 0) is 9.47 Å². The van der Waals surface area contributed by atoms with Crippen molar-refractivity contribution < 1.29 is 19.1 Å². The zero-order valence-corrected chi connectivity index (χ0v) is 17.4. The largest absolute Gasteiger partial charge is 0.461 e. The first-order valence-electron chi connectivity index (χ1n) is 9.84. The van der Waals surface area contributed by atoms with Crippen LogP contribution in [0, 0.1) is 0 Å². The average molecular weight is 426 g/mol. The highest BCUT2D eigenvalue weighted by Crippen LogP contribution is 2.26. The lowest BCUT2D eigenvalue weighted by molar-refractivity contribution is 0.0520. The molecule has 1 saturated heterocycles. The lowest BCUT2D eigenvalue weighted by atomic mass is 10.1. The minimum Gasteiger partial charge on any atom is -0.461 e. The lowest BCUT2D eigenvalue weighted by Crippen LogP contribution is -2.32. The molecule has 1 fully saturated rings. The van der Waals surface area contributed by atoms with Crippen LogP contribution in [0.2, 0.25) is 0 Å². The van der Waals surface area contributed by atoms with Crippen LogP contribution in [0.1, 0.15) is 40.7 Å². The van der Waals surface area contributed by atoms with E-state index in [1.54, 1.807) is 23.1 Å². The van der Waals surface area contributed by atoms with Gasteiger partial charge in [-0.1, -0.05) is 30.3 Å². The third-order valence-electron chi connectivity index (χ3n) is 4.68. The molecule has 0 aliphatic carbocycles. The monoisotopic (exact) mass is 426 g/mol. The maximum absolute atomic E-state index is 12.7. The molecule has 2 aromatic heterocycles. The fourth-order valence-electron chi connectivity index (χ4n) is 3.22. The van der Waals surface area contributed by atoms with E-state index in [1.165, 1.54) is 11.3 Å². The number of amides is 1. The van der Waals surface area contributed by atoms with E-state index in [0.717, 1.165) is 25.0 Å². The molecule has 1 N–H and O–H groups in total. The van der Waals surface area contributed by atoms with Gasteiger partial charge in [0.1, 0.15) is 0 Å². The molecule has 0 unspecified atom stereocenters. The number of carbonyl (C=O) groups is 2. The lowest BCUT2D eigenvalue weighted by Gasteiger charge is -2.09. The van der Waals surface area contributed by atoms with Crippen LogP contribution in [0.5, 0.6) is 0 Å². The molecule has 0 bridgehead atoms. The summed E-state index contributed by atoms with van der Waals surface area (Å²) in [5.41, 5.74) is 2.09. The molecule has 1 aliphatic rings. The van der Waals surface area contributed by atoms with Crippen LogP contribution in [-0.4, -0.2) is 52.5 Å². The molecule has 3 aromatic rings. The third-order valence-corrected chi connectivity index (χ3v) is 5.50. The normalized spacial score (nSPS) is 15.8. The Bertz CT molecular complexity index is 1020. The van der Waals surface area contributed by atoms with Crippen molar-refractivity contribution in [2.75, 3.05) is 19.8 Å². The molecule has 30 heavy (non-hydrogen) atoms. The first-order chi connectivity index (χ1) is 14.7. The van der Waals surface area contributed by atoms with E-state index in [2.05, 4.69) is 15.4 Å². The van der Waals surface area contributed by atoms with Crippen molar-refractivity contribution in [2.24, 2.45) is 0 Å². The van der Waals surface area contributed by atoms with Gasteiger partial charge in [-0.3, -0.25) is 4.79 Å². The summed E-state index contributed by atoms with van der Waals surface area (Å²) in [5.74, 6) is -0.758. The van der Waals surface area contributed by atoms with E-state index < -0.39 is 5.97 Å².